The number of hydrogen-bond acceptors (Lipinski definition) is 18. The number of rotatable bonds is 15. The number of imidazole rings is 1. The van der Waals surface area contributed by atoms with Gasteiger partial charge in [0.05, 0.1) is 0 Å². The van der Waals surface area contributed by atoms with Crippen LogP contribution in [-0.4, -0.2) is 60.4 Å². The Morgan fingerprint density at radius 1 is 1.15 bits per heavy atom. The molecule has 3 heterocycles. The number of nitrogens with zero attached hydrogens (tertiary/aromatic N) is 4. The molecule has 23 heteroatoms. The zero-order valence-electron chi connectivity index (χ0n) is 19.9. The second-order valence-electron chi connectivity index (χ2n) is 7.93. The van der Waals surface area contributed by atoms with Crippen molar-refractivity contribution >= 4 is 57.1 Å². The van der Waals surface area contributed by atoms with E-state index in [1.165, 1.54) is 4.57 Å². The molecule has 1 aliphatic heterocycles. The SMILES string of the molecule is NCCCCCCNc1nc2c(N)ncnc2n1[C@@H]1OC(COP(=O)([O-])OP(=O)([O-])OP([O-])(O)=S)=C(O)C1O. The lowest BCUT2D eigenvalue weighted by Gasteiger charge is -2.34. The van der Waals surface area contributed by atoms with Crippen LogP contribution in [-0.2, 0) is 38.8 Å². The fourth-order valence-electron chi connectivity index (χ4n) is 3.41. The van der Waals surface area contributed by atoms with E-state index in [1.54, 1.807) is 0 Å². The number of unbranched alkanes of at least 4 members (excludes halogenated alkanes) is 3. The maximum absolute atomic E-state index is 11.9. The number of nitrogens with one attached hydrogen (secondary N) is 1. The van der Waals surface area contributed by atoms with E-state index in [1.807, 2.05) is 0 Å². The average Bonchev–Trinajstić information content (AvgIpc) is 3.30. The molecule has 0 aliphatic carbocycles. The van der Waals surface area contributed by atoms with Crippen LogP contribution in [0.1, 0.15) is 31.9 Å². The molecule has 2 aromatic heterocycles. The molecule has 0 amide bonds. The molecule has 1 aliphatic rings. The molecule has 0 saturated carbocycles. The van der Waals surface area contributed by atoms with Crippen LogP contribution in [0.3, 0.4) is 0 Å². The van der Waals surface area contributed by atoms with Crippen LogP contribution in [0.2, 0.25) is 0 Å². The molecule has 39 heavy (non-hydrogen) atoms. The summed E-state index contributed by atoms with van der Waals surface area (Å²) in [6.07, 6.45) is 1.30. The van der Waals surface area contributed by atoms with E-state index in [2.05, 4.69) is 45.2 Å². The van der Waals surface area contributed by atoms with Crippen LogP contribution in [0.15, 0.2) is 17.8 Å². The number of aliphatic hydroxyl groups excluding tert-OH is 2. The van der Waals surface area contributed by atoms with Crippen molar-refractivity contribution in [2.45, 2.75) is 38.0 Å². The third-order valence-corrected chi connectivity index (χ3v) is 9.30. The molecule has 0 spiro atoms. The van der Waals surface area contributed by atoms with Crippen molar-refractivity contribution in [1.29, 1.82) is 0 Å². The Morgan fingerprint density at radius 2 is 1.85 bits per heavy atom. The van der Waals surface area contributed by atoms with Crippen LogP contribution in [0.4, 0.5) is 11.8 Å². The van der Waals surface area contributed by atoms with Crippen LogP contribution in [0.25, 0.3) is 11.2 Å². The molecule has 8 N–H and O–H groups in total. The van der Waals surface area contributed by atoms with Crippen LogP contribution in [0.5, 0.6) is 0 Å². The van der Waals surface area contributed by atoms with Gasteiger partial charge in [-0.25, -0.2) is 19.3 Å². The monoisotopic (exact) mass is 632 g/mol. The van der Waals surface area contributed by atoms with Gasteiger partial charge in [-0.3, -0.25) is 18.0 Å². The first-order valence-electron chi connectivity index (χ1n) is 11.1. The molecule has 0 fully saturated rings. The Kier molecular flexibility index (Phi) is 10.4. The average molecular weight is 632 g/mol. The summed E-state index contributed by atoms with van der Waals surface area (Å²) in [5.74, 6) is -1.34. The number of fused-ring (bicyclic) bond motifs is 1. The summed E-state index contributed by atoms with van der Waals surface area (Å²) in [6, 6.07) is 0. The largest absolute Gasteiger partial charge is 0.780 e. The minimum absolute atomic E-state index is 0.0122. The van der Waals surface area contributed by atoms with E-state index >= 15 is 0 Å². The molecule has 0 saturated heterocycles. The molecule has 0 bridgehead atoms. The topological polar surface area (TPSA) is 309 Å². The highest BCUT2D eigenvalue weighted by atomic mass is 32.5. The number of nitrogen functional groups attached to an aromatic ring is 1. The van der Waals surface area contributed by atoms with Gasteiger partial charge in [0.15, 0.2) is 34.6 Å². The third kappa shape index (κ3) is 8.61. The van der Waals surface area contributed by atoms with Crippen molar-refractivity contribution < 1.29 is 56.8 Å². The van der Waals surface area contributed by atoms with Crippen molar-refractivity contribution in [3.05, 3.63) is 17.8 Å². The van der Waals surface area contributed by atoms with Gasteiger partial charge in [-0.2, -0.15) is 0 Å². The number of hydrogen-bond donors (Lipinski definition) is 6. The van der Waals surface area contributed by atoms with Gasteiger partial charge in [0.2, 0.25) is 12.2 Å². The molecule has 2 aromatic rings. The normalized spacial score (nSPS) is 22.3. The second-order valence-corrected chi connectivity index (χ2v) is 13.6. The lowest BCUT2D eigenvalue weighted by Crippen LogP contribution is -2.24. The van der Waals surface area contributed by atoms with Crippen LogP contribution >= 0.6 is 22.4 Å². The Bertz CT molecular complexity index is 1350. The van der Waals surface area contributed by atoms with Crippen LogP contribution in [0, 0.1) is 0 Å². The third-order valence-electron chi connectivity index (χ3n) is 5.03. The van der Waals surface area contributed by atoms with E-state index in [0.29, 0.717) is 13.1 Å². The first-order chi connectivity index (χ1) is 18.1. The first kappa shape index (κ1) is 31.8. The van der Waals surface area contributed by atoms with Crippen molar-refractivity contribution in [2.75, 3.05) is 30.7 Å². The summed E-state index contributed by atoms with van der Waals surface area (Å²) in [7, 11) is -11.7. The highest BCUT2D eigenvalue weighted by Crippen LogP contribution is 2.61. The van der Waals surface area contributed by atoms with Crippen molar-refractivity contribution in [2.24, 2.45) is 5.73 Å². The lowest BCUT2D eigenvalue weighted by molar-refractivity contribution is -0.245. The quantitative estimate of drug-likeness (QED) is 0.0967. The molecular weight excluding hydrogens is 607 g/mol. The van der Waals surface area contributed by atoms with Gasteiger partial charge in [-0.05, 0) is 19.4 Å². The van der Waals surface area contributed by atoms with Gasteiger partial charge in [0, 0.05) is 6.54 Å². The molecule has 19 nitrogen and oxygen atoms in total. The van der Waals surface area contributed by atoms with Gasteiger partial charge >= 0.3 is 0 Å². The summed E-state index contributed by atoms with van der Waals surface area (Å²) in [5.41, 5.74) is 11.6. The molecule has 3 rings (SSSR count). The molecule has 4 unspecified atom stereocenters. The second kappa shape index (κ2) is 12.8. The summed E-state index contributed by atoms with van der Waals surface area (Å²) >= 11 is 3.84. The molecule has 0 aromatic carbocycles. The van der Waals surface area contributed by atoms with E-state index < -0.39 is 52.8 Å². The molecule has 0 radical (unpaired) electrons. The summed E-state index contributed by atoms with van der Waals surface area (Å²) in [4.78, 5) is 55.4. The lowest BCUT2D eigenvalue weighted by atomic mass is 10.2. The fraction of sp³-hybridized carbons (Fsp3) is 0.562. The summed E-state index contributed by atoms with van der Waals surface area (Å²) in [6.45, 7) is -5.22. The zero-order valence-corrected chi connectivity index (χ0v) is 23.4. The van der Waals surface area contributed by atoms with Crippen LogP contribution < -0.4 is 31.5 Å². The van der Waals surface area contributed by atoms with E-state index in [-0.39, 0.29) is 22.9 Å². The standard InChI is InChI=1S/C16H28N7O12P3S/c17-5-3-1-2-4-6-19-16-22-10-13(18)20-8-21-14(10)23(16)15-12(25)11(24)9(33-15)7-32-36(26,27)34-37(28,29)35-38(30,31)39/h8,12,15,24-25H,1-7,17H2,(H,19,22)(H,26,27)(H,28,29)(H2,18,20,21)(H2,30,31,39)/p-3/t12?,15-/m1/s1. The highest BCUT2D eigenvalue weighted by molar-refractivity contribution is 8.07. The fourth-order valence-corrected chi connectivity index (χ4v) is 6.99. The van der Waals surface area contributed by atoms with Gasteiger partial charge < -0.3 is 55.8 Å². The van der Waals surface area contributed by atoms with Crippen molar-refractivity contribution in [3.63, 3.8) is 0 Å². The number of anilines is 2. The minimum atomic E-state index is -5.92. The number of aromatic nitrogens is 4. The van der Waals surface area contributed by atoms with Crippen molar-refractivity contribution in [3.8, 4) is 0 Å². The Hall–Kier alpha value is -1.76. The minimum Gasteiger partial charge on any atom is -0.780 e. The molecule has 220 valence electrons. The highest BCUT2D eigenvalue weighted by Gasteiger charge is 2.40. The van der Waals surface area contributed by atoms with E-state index in [0.717, 1.165) is 32.0 Å². The zero-order chi connectivity index (χ0) is 29.0. The van der Waals surface area contributed by atoms with E-state index in [9.17, 15) is 34.0 Å². The maximum Gasteiger partial charge on any atom is 0.279 e. The van der Waals surface area contributed by atoms with Crippen molar-refractivity contribution in [1.82, 2.24) is 19.5 Å². The Morgan fingerprint density at radius 3 is 2.51 bits per heavy atom. The smallest absolute Gasteiger partial charge is 0.279 e. The Balaban J connectivity index is 1.76. The number of nitrogens with two attached hydrogens (primary N) is 2. The number of ether oxygens (including phenoxy) is 1. The number of phosphoric acid groups is 2. The molecule has 5 atom stereocenters. The maximum atomic E-state index is 11.9. The van der Waals surface area contributed by atoms with Gasteiger partial charge in [-0.1, -0.05) is 24.6 Å². The first-order valence-corrected chi connectivity index (χ1v) is 16.6. The number of aliphatic hydroxyl groups is 2. The van der Waals surface area contributed by atoms with Gasteiger partial charge in [0.1, 0.15) is 19.7 Å². The number of phosphoric ester groups is 1. The Labute approximate surface area is 225 Å². The predicted molar refractivity (Wildman–Crippen MR) is 131 cm³/mol. The predicted octanol–water partition coefficient (Wildman–Crippen LogP) is -1.44. The van der Waals surface area contributed by atoms with Gasteiger partial charge in [-0.15, -0.1) is 0 Å². The summed E-state index contributed by atoms with van der Waals surface area (Å²) in [5, 5.41) is 24.1. The summed E-state index contributed by atoms with van der Waals surface area (Å²) < 4.78 is 41.7. The van der Waals surface area contributed by atoms with Gasteiger partial charge in [0.25, 0.3) is 15.6 Å². The van der Waals surface area contributed by atoms with E-state index in [4.69, 9.17) is 21.1 Å². The molecular formula is C16H25N7O12P3S-3.